The molecule has 1 heterocycles. The van der Waals surface area contributed by atoms with Gasteiger partial charge in [0.25, 0.3) is 0 Å². The summed E-state index contributed by atoms with van der Waals surface area (Å²) in [7, 11) is 0. The lowest BCUT2D eigenvalue weighted by molar-refractivity contribution is -0.189. The van der Waals surface area contributed by atoms with Gasteiger partial charge in [-0.25, -0.2) is 0 Å². The monoisotopic (exact) mass is 451 g/mol. The van der Waals surface area contributed by atoms with Crippen LogP contribution in [0.2, 0.25) is 0 Å². The number of rotatable bonds is 8. The first-order valence-electron chi connectivity index (χ1n) is 11.4. The average molecular weight is 452 g/mol. The van der Waals surface area contributed by atoms with Gasteiger partial charge in [0, 0.05) is 37.6 Å². The summed E-state index contributed by atoms with van der Waals surface area (Å²) in [4.78, 5) is 27.3. The number of likely N-dealkylation sites (N-methyl/N-ethyl adjacent to an activating group) is 1. The fourth-order valence-corrected chi connectivity index (χ4v) is 4.67. The third-order valence-electron chi connectivity index (χ3n) is 6.32. The molecule has 1 N–H and O–H groups in total. The number of nitrogens with one attached hydrogen (secondary N) is 1. The molecule has 1 saturated carbocycles. The van der Waals surface area contributed by atoms with Gasteiger partial charge in [-0.15, -0.1) is 0 Å². The highest BCUT2D eigenvalue weighted by atomic mass is 19.4. The van der Waals surface area contributed by atoms with Gasteiger partial charge in [0.05, 0.1) is 6.54 Å². The number of piperidine rings is 1. The Hall–Kier alpha value is -2.35. The van der Waals surface area contributed by atoms with Crippen LogP contribution >= 0.6 is 0 Å². The Morgan fingerprint density at radius 2 is 1.81 bits per heavy atom. The number of hydrogen-bond donors (Lipinski definition) is 1. The molecule has 32 heavy (non-hydrogen) atoms. The van der Waals surface area contributed by atoms with E-state index >= 15 is 0 Å². The molecule has 2 fully saturated rings. The van der Waals surface area contributed by atoms with Gasteiger partial charge in [-0.2, -0.15) is 13.2 Å². The van der Waals surface area contributed by atoms with E-state index in [2.05, 4.69) is 5.32 Å². The van der Waals surface area contributed by atoms with E-state index in [1.807, 2.05) is 55.2 Å². The number of alkyl halides is 3. The Morgan fingerprint density at radius 3 is 2.38 bits per heavy atom. The normalized spacial score (nSPS) is 22.5. The second kappa shape index (κ2) is 10.5. The summed E-state index contributed by atoms with van der Waals surface area (Å²) in [5, 5.41) is 2.74. The van der Waals surface area contributed by atoms with Crippen LogP contribution < -0.4 is 5.32 Å². The number of amides is 2. The number of nitrogens with zero attached hydrogens (tertiary/aromatic N) is 2. The molecule has 2 aliphatic rings. The van der Waals surface area contributed by atoms with Crippen molar-refractivity contribution in [3.05, 3.63) is 41.5 Å². The number of carbonyl (C=O) groups excluding carboxylic acids is 2. The maximum Gasteiger partial charge on any atom is 0.471 e. The fourth-order valence-electron chi connectivity index (χ4n) is 4.67. The van der Waals surface area contributed by atoms with Crippen LogP contribution in [0, 0.1) is 5.92 Å². The Labute approximate surface area is 187 Å². The van der Waals surface area contributed by atoms with Gasteiger partial charge in [-0.3, -0.25) is 14.5 Å². The van der Waals surface area contributed by atoms with Crippen LogP contribution in [0.15, 0.2) is 35.9 Å². The molecule has 5 nitrogen and oxygen atoms in total. The van der Waals surface area contributed by atoms with Crippen molar-refractivity contribution in [1.29, 1.82) is 0 Å². The van der Waals surface area contributed by atoms with E-state index < -0.39 is 24.2 Å². The Kier molecular flexibility index (Phi) is 7.98. The second-order valence-electron chi connectivity index (χ2n) is 8.56. The molecular weight excluding hydrogens is 419 g/mol. The summed E-state index contributed by atoms with van der Waals surface area (Å²) in [5.41, 5.74) is 2.09. The van der Waals surface area contributed by atoms with Gasteiger partial charge in [0.15, 0.2) is 0 Å². The van der Waals surface area contributed by atoms with Crippen LogP contribution in [-0.2, 0) is 9.59 Å². The average Bonchev–Trinajstić information content (AvgIpc) is 3.54. The first-order valence-corrected chi connectivity index (χ1v) is 11.4. The number of likely N-dealkylation sites (tertiary alicyclic amines) is 1. The van der Waals surface area contributed by atoms with Crippen LogP contribution in [0.3, 0.4) is 0 Å². The molecule has 1 aliphatic carbocycles. The smallest absolute Gasteiger partial charge is 0.355 e. The van der Waals surface area contributed by atoms with E-state index in [4.69, 9.17) is 0 Å². The summed E-state index contributed by atoms with van der Waals surface area (Å²) in [6.45, 7) is 5.62. The van der Waals surface area contributed by atoms with Crippen molar-refractivity contribution < 1.29 is 22.8 Å². The highest BCUT2D eigenvalue weighted by molar-refractivity contribution is 5.83. The lowest BCUT2D eigenvalue weighted by Crippen LogP contribution is -2.53. The molecule has 0 bridgehead atoms. The predicted octanol–water partition coefficient (Wildman–Crippen LogP) is 3.86. The molecule has 1 aliphatic heterocycles. The van der Waals surface area contributed by atoms with Crippen molar-refractivity contribution in [2.45, 2.75) is 57.8 Å². The molecule has 8 heteroatoms. The predicted molar refractivity (Wildman–Crippen MR) is 118 cm³/mol. The van der Waals surface area contributed by atoms with Crippen molar-refractivity contribution in [3.8, 4) is 0 Å². The standard InChI is InChI=1S/C24H32F3N3O2/c1-3-18(14-17-8-6-5-7-9-17)20-15-21(20)30(23(32)24(25,26)27)19-10-12-29(13-11-19)16-22(31)28-4-2/h5-9,14,19-21H,3-4,10-13,15-16H2,1-2H3,(H,28,31)/b18-14+/t20?,21-/m1/s1. The number of hydrogen-bond acceptors (Lipinski definition) is 3. The number of carbonyl (C=O) groups is 2. The van der Waals surface area contributed by atoms with Gasteiger partial charge in [0.1, 0.15) is 0 Å². The van der Waals surface area contributed by atoms with Crippen LogP contribution in [-0.4, -0.2) is 66.1 Å². The Balaban J connectivity index is 1.71. The topological polar surface area (TPSA) is 52.7 Å². The van der Waals surface area contributed by atoms with Gasteiger partial charge in [0.2, 0.25) is 5.91 Å². The van der Waals surface area contributed by atoms with Crippen LogP contribution in [0.25, 0.3) is 6.08 Å². The largest absolute Gasteiger partial charge is 0.471 e. The summed E-state index contributed by atoms with van der Waals surface area (Å²) in [6.07, 6.45) is -0.679. The first kappa shape index (κ1) is 24.3. The van der Waals surface area contributed by atoms with Crippen LogP contribution in [0.4, 0.5) is 13.2 Å². The first-order chi connectivity index (χ1) is 15.2. The van der Waals surface area contributed by atoms with Crippen molar-refractivity contribution in [3.63, 3.8) is 0 Å². The quantitative estimate of drug-likeness (QED) is 0.653. The summed E-state index contributed by atoms with van der Waals surface area (Å²) in [5.74, 6) is -1.86. The molecular formula is C24H32F3N3O2. The van der Waals surface area contributed by atoms with Gasteiger partial charge in [-0.1, -0.05) is 48.9 Å². The summed E-state index contributed by atoms with van der Waals surface area (Å²) < 4.78 is 40.4. The minimum atomic E-state index is -4.89. The molecule has 0 radical (unpaired) electrons. The van der Waals surface area contributed by atoms with Gasteiger partial charge < -0.3 is 10.2 Å². The zero-order valence-corrected chi connectivity index (χ0v) is 18.7. The molecule has 1 saturated heterocycles. The molecule has 2 atom stereocenters. The molecule has 0 spiro atoms. The zero-order chi connectivity index (χ0) is 23.3. The van der Waals surface area contributed by atoms with Crippen LogP contribution in [0.1, 0.15) is 45.1 Å². The third kappa shape index (κ3) is 6.12. The summed E-state index contributed by atoms with van der Waals surface area (Å²) >= 11 is 0. The molecule has 1 aromatic carbocycles. The zero-order valence-electron chi connectivity index (χ0n) is 18.7. The Morgan fingerprint density at radius 1 is 1.16 bits per heavy atom. The van der Waals surface area contributed by atoms with E-state index in [-0.39, 0.29) is 18.4 Å². The molecule has 0 aromatic heterocycles. The van der Waals surface area contributed by atoms with Crippen LogP contribution in [0.5, 0.6) is 0 Å². The maximum absolute atomic E-state index is 13.5. The van der Waals surface area contributed by atoms with E-state index in [0.29, 0.717) is 38.9 Å². The minimum Gasteiger partial charge on any atom is -0.355 e. The molecule has 1 unspecified atom stereocenters. The SMILES string of the molecule is CCNC(=O)CN1CCC(N(C(=O)C(F)(F)F)[C@@H]2CC2/C(=C/c2ccccc2)CC)CC1. The molecule has 3 rings (SSSR count). The summed E-state index contributed by atoms with van der Waals surface area (Å²) in [6, 6.07) is 8.84. The van der Waals surface area contributed by atoms with Crippen molar-refractivity contribution in [2.75, 3.05) is 26.2 Å². The highest BCUT2D eigenvalue weighted by Gasteiger charge is 2.54. The van der Waals surface area contributed by atoms with E-state index in [9.17, 15) is 22.8 Å². The Bertz CT molecular complexity index is 818. The van der Waals surface area contributed by atoms with Crippen molar-refractivity contribution >= 4 is 17.9 Å². The van der Waals surface area contributed by atoms with Gasteiger partial charge >= 0.3 is 12.1 Å². The van der Waals surface area contributed by atoms with Crippen molar-refractivity contribution in [1.82, 2.24) is 15.1 Å². The minimum absolute atomic E-state index is 0.0418. The maximum atomic E-state index is 13.5. The molecule has 1 aromatic rings. The lowest BCUT2D eigenvalue weighted by atomic mass is 10.0. The van der Waals surface area contributed by atoms with Gasteiger partial charge in [-0.05, 0) is 38.2 Å². The lowest BCUT2D eigenvalue weighted by Gasteiger charge is -2.39. The second-order valence-corrected chi connectivity index (χ2v) is 8.56. The number of benzene rings is 1. The fraction of sp³-hybridized carbons (Fsp3) is 0.583. The van der Waals surface area contributed by atoms with E-state index in [0.717, 1.165) is 22.5 Å². The van der Waals surface area contributed by atoms with E-state index in [1.165, 1.54) is 0 Å². The number of halogens is 3. The highest BCUT2D eigenvalue weighted by Crippen LogP contribution is 2.46. The third-order valence-corrected chi connectivity index (χ3v) is 6.32. The molecule has 2 amide bonds. The molecule has 176 valence electrons. The van der Waals surface area contributed by atoms with E-state index in [1.54, 1.807) is 0 Å². The van der Waals surface area contributed by atoms with Crippen molar-refractivity contribution in [2.24, 2.45) is 5.92 Å².